The maximum Gasteiger partial charge on any atom is 0.305 e. The molecule has 1 heterocycles. The normalized spacial score (nSPS) is 10.9. The molecule has 1 N–H and O–H groups in total. The van der Waals surface area contributed by atoms with Crippen molar-refractivity contribution < 1.29 is 23.8 Å². The van der Waals surface area contributed by atoms with Crippen molar-refractivity contribution in [3.63, 3.8) is 0 Å². The van der Waals surface area contributed by atoms with Crippen LogP contribution in [0.5, 0.6) is 11.5 Å². The number of carboxylic acid groups (broad SMARTS) is 1. The average molecular weight is 420 g/mol. The van der Waals surface area contributed by atoms with Crippen LogP contribution < -0.4 is 9.47 Å². The zero-order valence-corrected chi connectivity index (χ0v) is 16.9. The first-order chi connectivity index (χ1) is 15.0. The number of nitrogens with zero attached hydrogens (tertiary/aromatic N) is 2. The quantitative estimate of drug-likeness (QED) is 0.439. The first-order valence-electron chi connectivity index (χ1n) is 9.76. The van der Waals surface area contributed by atoms with Gasteiger partial charge < -0.3 is 14.6 Å². The molecular weight excluding hydrogens is 399 g/mol. The van der Waals surface area contributed by atoms with E-state index < -0.39 is 5.97 Å². The lowest BCUT2D eigenvalue weighted by Gasteiger charge is -2.10. The first-order valence-corrected chi connectivity index (χ1v) is 9.76. The molecule has 0 atom stereocenters. The standard InChI is InChI=1S/C24H21FN2O4/c1-30-23-9-6-19(25)13-21(23)17-4-2-16(3-5-17)15-31-20-7-8-22-18(12-20)14-26-27(22)11-10-24(28)29/h2-9,12-14H,10-11,15H2,1H3,(H,28,29). The van der Waals surface area contributed by atoms with Gasteiger partial charge in [-0.3, -0.25) is 9.48 Å². The number of carboxylic acids is 1. The average Bonchev–Trinajstić information content (AvgIpc) is 3.19. The minimum atomic E-state index is -0.856. The number of aliphatic carboxylic acids is 1. The summed E-state index contributed by atoms with van der Waals surface area (Å²) >= 11 is 0. The second-order valence-electron chi connectivity index (χ2n) is 7.06. The largest absolute Gasteiger partial charge is 0.496 e. The van der Waals surface area contributed by atoms with Gasteiger partial charge in [0.1, 0.15) is 23.9 Å². The lowest BCUT2D eigenvalue weighted by atomic mass is 10.0. The Morgan fingerprint density at radius 2 is 1.90 bits per heavy atom. The van der Waals surface area contributed by atoms with E-state index >= 15 is 0 Å². The molecule has 0 fully saturated rings. The summed E-state index contributed by atoms with van der Waals surface area (Å²) in [6, 6.07) is 17.7. The van der Waals surface area contributed by atoms with Crippen LogP contribution in [0.1, 0.15) is 12.0 Å². The summed E-state index contributed by atoms with van der Waals surface area (Å²) < 4.78 is 26.5. The topological polar surface area (TPSA) is 73.6 Å². The van der Waals surface area contributed by atoms with Crippen LogP contribution in [0, 0.1) is 5.82 Å². The molecule has 0 saturated heterocycles. The monoisotopic (exact) mass is 420 g/mol. The second-order valence-corrected chi connectivity index (χ2v) is 7.06. The summed E-state index contributed by atoms with van der Waals surface area (Å²) in [5.41, 5.74) is 3.38. The minimum Gasteiger partial charge on any atom is -0.496 e. The zero-order valence-electron chi connectivity index (χ0n) is 16.9. The molecule has 0 aliphatic heterocycles. The van der Waals surface area contributed by atoms with E-state index in [0.29, 0.717) is 30.2 Å². The van der Waals surface area contributed by atoms with Gasteiger partial charge in [-0.05, 0) is 47.5 Å². The van der Waals surface area contributed by atoms with E-state index in [-0.39, 0.29) is 12.2 Å². The molecule has 0 aliphatic rings. The first kappa shape index (κ1) is 20.4. The Balaban J connectivity index is 1.44. The van der Waals surface area contributed by atoms with Gasteiger partial charge in [-0.2, -0.15) is 5.10 Å². The Bertz CT molecular complexity index is 1220. The third-order valence-corrected chi connectivity index (χ3v) is 4.98. The molecule has 6 nitrogen and oxygen atoms in total. The van der Waals surface area contributed by atoms with E-state index in [9.17, 15) is 9.18 Å². The summed E-state index contributed by atoms with van der Waals surface area (Å²) in [6.07, 6.45) is 1.72. The van der Waals surface area contributed by atoms with Crippen molar-refractivity contribution in [1.29, 1.82) is 0 Å². The number of hydrogen-bond donors (Lipinski definition) is 1. The van der Waals surface area contributed by atoms with Crippen LogP contribution in [0.15, 0.2) is 66.9 Å². The third-order valence-electron chi connectivity index (χ3n) is 4.98. The van der Waals surface area contributed by atoms with E-state index in [2.05, 4.69) is 5.10 Å². The van der Waals surface area contributed by atoms with E-state index in [1.807, 2.05) is 42.5 Å². The summed E-state index contributed by atoms with van der Waals surface area (Å²) in [5.74, 6) is 0.138. The molecule has 0 radical (unpaired) electrons. The Morgan fingerprint density at radius 3 is 2.65 bits per heavy atom. The van der Waals surface area contributed by atoms with Crippen molar-refractivity contribution in [3.8, 4) is 22.6 Å². The molecule has 0 amide bonds. The predicted octanol–water partition coefficient (Wildman–Crippen LogP) is 4.90. The number of halogens is 1. The van der Waals surface area contributed by atoms with E-state index in [0.717, 1.165) is 22.0 Å². The van der Waals surface area contributed by atoms with Crippen molar-refractivity contribution in [2.75, 3.05) is 7.11 Å². The third kappa shape index (κ3) is 4.66. The second kappa shape index (κ2) is 8.87. The van der Waals surface area contributed by atoms with Gasteiger partial charge in [0, 0.05) is 10.9 Å². The maximum atomic E-state index is 13.6. The fourth-order valence-corrected chi connectivity index (χ4v) is 3.39. The minimum absolute atomic E-state index is 0.0204. The molecule has 3 aromatic carbocycles. The molecule has 31 heavy (non-hydrogen) atoms. The lowest BCUT2D eigenvalue weighted by molar-refractivity contribution is -0.137. The fraction of sp³-hybridized carbons (Fsp3) is 0.167. The van der Waals surface area contributed by atoms with Gasteiger partial charge in [0.25, 0.3) is 0 Å². The zero-order chi connectivity index (χ0) is 21.8. The van der Waals surface area contributed by atoms with Crippen LogP contribution in [0.25, 0.3) is 22.0 Å². The molecule has 4 rings (SSSR count). The predicted molar refractivity (Wildman–Crippen MR) is 115 cm³/mol. The number of fused-ring (bicyclic) bond motifs is 1. The van der Waals surface area contributed by atoms with Crippen molar-refractivity contribution in [1.82, 2.24) is 9.78 Å². The number of aromatic nitrogens is 2. The molecule has 4 aromatic rings. The Labute approximate surface area is 178 Å². The highest BCUT2D eigenvalue weighted by Gasteiger charge is 2.09. The molecule has 158 valence electrons. The van der Waals surface area contributed by atoms with Gasteiger partial charge in [-0.25, -0.2) is 4.39 Å². The van der Waals surface area contributed by atoms with Gasteiger partial charge >= 0.3 is 5.97 Å². The number of aryl methyl sites for hydroxylation is 1. The number of carbonyl (C=O) groups is 1. The van der Waals surface area contributed by atoms with Gasteiger partial charge in [-0.1, -0.05) is 24.3 Å². The SMILES string of the molecule is COc1ccc(F)cc1-c1ccc(COc2ccc3c(cnn3CCC(=O)O)c2)cc1. The number of hydrogen-bond acceptors (Lipinski definition) is 4. The summed E-state index contributed by atoms with van der Waals surface area (Å²) in [7, 11) is 1.56. The number of methoxy groups -OCH3 is 1. The molecule has 1 aromatic heterocycles. The van der Waals surface area contributed by atoms with Gasteiger partial charge in [0.2, 0.25) is 0 Å². The summed E-state index contributed by atoms with van der Waals surface area (Å²) in [4.78, 5) is 10.8. The lowest BCUT2D eigenvalue weighted by Crippen LogP contribution is -2.05. The molecule has 0 unspecified atom stereocenters. The summed E-state index contributed by atoms with van der Waals surface area (Å²) in [5, 5.41) is 14.0. The molecule has 7 heteroatoms. The Kier molecular flexibility index (Phi) is 5.84. The molecule has 0 bridgehead atoms. The van der Waals surface area contributed by atoms with Crippen molar-refractivity contribution >= 4 is 16.9 Å². The molecule has 0 spiro atoms. The van der Waals surface area contributed by atoms with E-state index in [4.69, 9.17) is 14.6 Å². The van der Waals surface area contributed by atoms with Crippen LogP contribution >= 0.6 is 0 Å². The number of benzene rings is 3. The number of rotatable bonds is 8. The van der Waals surface area contributed by atoms with Gasteiger partial charge in [0.05, 0.1) is 31.8 Å². The highest BCUT2D eigenvalue weighted by molar-refractivity contribution is 5.80. The fourth-order valence-electron chi connectivity index (χ4n) is 3.39. The molecule has 0 aliphatic carbocycles. The Hall–Kier alpha value is -3.87. The molecule has 0 saturated carbocycles. The van der Waals surface area contributed by atoms with Gasteiger partial charge in [0.15, 0.2) is 0 Å². The maximum absolute atomic E-state index is 13.6. The van der Waals surface area contributed by atoms with E-state index in [1.54, 1.807) is 24.1 Å². The van der Waals surface area contributed by atoms with Crippen LogP contribution in [-0.2, 0) is 17.9 Å². The Morgan fingerprint density at radius 1 is 1.10 bits per heavy atom. The summed E-state index contributed by atoms with van der Waals surface area (Å²) in [6.45, 7) is 0.695. The van der Waals surface area contributed by atoms with Crippen LogP contribution in [0.4, 0.5) is 4.39 Å². The number of ether oxygens (including phenoxy) is 2. The van der Waals surface area contributed by atoms with Crippen LogP contribution in [0.3, 0.4) is 0 Å². The van der Waals surface area contributed by atoms with Crippen molar-refractivity contribution in [3.05, 3.63) is 78.2 Å². The highest BCUT2D eigenvalue weighted by Crippen LogP contribution is 2.31. The van der Waals surface area contributed by atoms with Gasteiger partial charge in [-0.15, -0.1) is 0 Å². The molecular formula is C24H21FN2O4. The smallest absolute Gasteiger partial charge is 0.305 e. The highest BCUT2D eigenvalue weighted by atomic mass is 19.1. The van der Waals surface area contributed by atoms with Crippen LogP contribution in [-0.4, -0.2) is 28.0 Å². The van der Waals surface area contributed by atoms with E-state index in [1.165, 1.54) is 12.1 Å². The van der Waals surface area contributed by atoms with Crippen LogP contribution in [0.2, 0.25) is 0 Å². The van der Waals surface area contributed by atoms with Crippen molar-refractivity contribution in [2.45, 2.75) is 19.6 Å². The van der Waals surface area contributed by atoms with Crippen molar-refractivity contribution in [2.24, 2.45) is 0 Å².